The zero-order valence-corrected chi connectivity index (χ0v) is 12.3. The highest BCUT2D eigenvalue weighted by Gasteiger charge is 2.40. The van der Waals surface area contributed by atoms with Crippen LogP contribution in [-0.2, 0) is 14.3 Å². The maximum atomic E-state index is 11.6. The van der Waals surface area contributed by atoms with E-state index < -0.39 is 7.72 Å². The number of ether oxygens (including phenoxy) is 2. The maximum Gasteiger partial charge on any atom is 0.187 e. The lowest BCUT2D eigenvalue weighted by Crippen LogP contribution is -2.40. The van der Waals surface area contributed by atoms with Crippen LogP contribution in [0.4, 0.5) is 0 Å². The molecular formula is C8H14I2O3. The van der Waals surface area contributed by atoms with Crippen LogP contribution in [0.5, 0.6) is 0 Å². The minimum atomic E-state index is -0.616. The molecule has 0 heterocycles. The van der Waals surface area contributed by atoms with Gasteiger partial charge in [0.1, 0.15) is 0 Å². The number of hydrogen-bond donors (Lipinski definition) is 0. The van der Waals surface area contributed by atoms with Crippen LogP contribution in [0.25, 0.3) is 0 Å². The molecule has 5 heteroatoms. The molecule has 0 aromatic rings. The Morgan fingerprint density at radius 1 is 1.38 bits per heavy atom. The van der Waals surface area contributed by atoms with E-state index in [0.717, 1.165) is 6.42 Å². The summed E-state index contributed by atoms with van der Waals surface area (Å²) in [6.45, 7) is 1.98. The van der Waals surface area contributed by atoms with Gasteiger partial charge in [0.05, 0.1) is 0 Å². The summed E-state index contributed by atoms with van der Waals surface area (Å²) >= 11 is 4.15. The Bertz CT molecular complexity index is 167. The predicted molar refractivity (Wildman–Crippen MR) is 68.5 cm³/mol. The summed E-state index contributed by atoms with van der Waals surface area (Å²) < 4.78 is 9.53. The van der Waals surface area contributed by atoms with Crippen molar-refractivity contribution in [2.75, 3.05) is 14.2 Å². The Morgan fingerprint density at radius 2 is 1.85 bits per heavy atom. The second kappa shape index (κ2) is 6.52. The standard InChI is InChI=1S/C8H14I2O3/c1-4-5-6(11)8(9,10)7(12-2)13-3/h7H,4-5H2,1-3H3. The van der Waals surface area contributed by atoms with Crippen molar-refractivity contribution in [3.63, 3.8) is 0 Å². The molecule has 3 nitrogen and oxygen atoms in total. The monoisotopic (exact) mass is 412 g/mol. The zero-order chi connectivity index (χ0) is 10.5. The quantitative estimate of drug-likeness (QED) is 0.383. The van der Waals surface area contributed by atoms with Gasteiger partial charge in [0.2, 0.25) is 0 Å². The van der Waals surface area contributed by atoms with Gasteiger partial charge in [0.25, 0.3) is 0 Å². The van der Waals surface area contributed by atoms with E-state index in [1.807, 2.05) is 6.92 Å². The van der Waals surface area contributed by atoms with E-state index >= 15 is 0 Å². The van der Waals surface area contributed by atoms with E-state index in [4.69, 9.17) is 9.47 Å². The van der Waals surface area contributed by atoms with Crippen LogP contribution in [-0.4, -0.2) is 27.7 Å². The van der Waals surface area contributed by atoms with Gasteiger partial charge >= 0.3 is 0 Å². The Morgan fingerprint density at radius 3 is 2.15 bits per heavy atom. The van der Waals surface area contributed by atoms with Crippen molar-refractivity contribution >= 4 is 51.0 Å². The van der Waals surface area contributed by atoms with Gasteiger partial charge in [-0.25, -0.2) is 0 Å². The summed E-state index contributed by atoms with van der Waals surface area (Å²) in [7, 11) is 3.08. The van der Waals surface area contributed by atoms with E-state index in [-0.39, 0.29) is 5.78 Å². The second-order valence-electron chi connectivity index (χ2n) is 2.60. The smallest absolute Gasteiger partial charge is 0.187 e. The molecule has 0 aliphatic rings. The highest BCUT2D eigenvalue weighted by Crippen LogP contribution is 2.36. The lowest BCUT2D eigenvalue weighted by molar-refractivity contribution is -0.135. The van der Waals surface area contributed by atoms with Gasteiger partial charge in [-0.05, 0) is 6.42 Å². The lowest BCUT2D eigenvalue weighted by Gasteiger charge is -2.26. The number of rotatable bonds is 6. The molecule has 0 bridgehead atoms. The van der Waals surface area contributed by atoms with Gasteiger partial charge in [-0.2, -0.15) is 0 Å². The van der Waals surface area contributed by atoms with E-state index in [9.17, 15) is 4.79 Å². The Kier molecular flexibility index (Phi) is 7.04. The summed E-state index contributed by atoms with van der Waals surface area (Å²) in [5, 5.41) is 0. The molecule has 0 fully saturated rings. The van der Waals surface area contributed by atoms with Gasteiger partial charge in [0, 0.05) is 20.6 Å². The number of carbonyl (C=O) groups excluding carboxylic acids is 1. The molecule has 0 aromatic heterocycles. The van der Waals surface area contributed by atoms with Crippen LogP contribution in [0.15, 0.2) is 0 Å². The fraction of sp³-hybridized carbons (Fsp3) is 0.875. The van der Waals surface area contributed by atoms with Crippen molar-refractivity contribution in [3.05, 3.63) is 0 Å². The van der Waals surface area contributed by atoms with Gasteiger partial charge < -0.3 is 9.47 Å². The van der Waals surface area contributed by atoms with Crippen LogP contribution in [0.1, 0.15) is 19.8 Å². The number of ketones is 1. The molecule has 0 atom stereocenters. The molecular weight excluding hydrogens is 398 g/mol. The van der Waals surface area contributed by atoms with Gasteiger partial charge in [-0.15, -0.1) is 0 Å². The van der Waals surface area contributed by atoms with Gasteiger partial charge in [-0.1, -0.05) is 52.1 Å². The molecule has 0 radical (unpaired) electrons. The summed E-state index contributed by atoms with van der Waals surface area (Å²) in [4.78, 5) is 11.6. The molecule has 0 aliphatic heterocycles. The Balaban J connectivity index is 4.42. The third kappa shape index (κ3) is 3.96. The number of methoxy groups -OCH3 is 2. The van der Waals surface area contributed by atoms with Crippen molar-refractivity contribution in [3.8, 4) is 0 Å². The molecule has 78 valence electrons. The number of halogens is 2. The Labute approximate surface area is 106 Å². The molecule has 0 rings (SSSR count). The minimum absolute atomic E-state index is 0.157. The lowest BCUT2D eigenvalue weighted by atomic mass is 10.2. The third-order valence-electron chi connectivity index (χ3n) is 1.57. The summed E-state index contributed by atoms with van der Waals surface area (Å²) in [5.74, 6) is 0.157. The minimum Gasteiger partial charge on any atom is -0.353 e. The fourth-order valence-corrected chi connectivity index (χ4v) is 2.47. The van der Waals surface area contributed by atoms with Crippen molar-refractivity contribution in [2.24, 2.45) is 0 Å². The molecule has 0 unspecified atom stereocenters. The van der Waals surface area contributed by atoms with E-state index in [1.165, 1.54) is 0 Å². The highest BCUT2D eigenvalue weighted by atomic mass is 127. The van der Waals surface area contributed by atoms with Crippen molar-refractivity contribution in [2.45, 2.75) is 27.5 Å². The van der Waals surface area contributed by atoms with Crippen LogP contribution in [0.3, 0.4) is 0 Å². The van der Waals surface area contributed by atoms with E-state index in [1.54, 1.807) is 14.2 Å². The Hall–Kier alpha value is 1.05. The van der Waals surface area contributed by atoms with E-state index in [0.29, 0.717) is 6.42 Å². The number of Topliss-reactive ketones (excluding diaryl/α,β-unsaturated/α-hetero) is 1. The molecule has 0 aromatic carbocycles. The first-order valence-corrected chi connectivity index (χ1v) is 6.13. The molecule has 0 saturated heterocycles. The van der Waals surface area contributed by atoms with Crippen LogP contribution >= 0.6 is 45.2 Å². The molecule has 0 N–H and O–H groups in total. The average Bonchev–Trinajstić information content (AvgIpc) is 2.06. The summed E-state index contributed by atoms with van der Waals surface area (Å²) in [6, 6.07) is 0. The first-order chi connectivity index (χ1) is 6.00. The SMILES string of the molecule is CCCC(=O)C(I)(I)C(OC)OC. The number of hydrogen-bond acceptors (Lipinski definition) is 3. The molecule has 0 saturated carbocycles. The first-order valence-electron chi connectivity index (χ1n) is 3.97. The topological polar surface area (TPSA) is 35.5 Å². The molecule has 0 spiro atoms. The van der Waals surface area contributed by atoms with Crippen LogP contribution in [0, 0.1) is 0 Å². The molecule has 0 amide bonds. The summed E-state index contributed by atoms with van der Waals surface area (Å²) in [5.41, 5.74) is 0. The van der Waals surface area contributed by atoms with Crippen molar-refractivity contribution in [1.29, 1.82) is 0 Å². The van der Waals surface area contributed by atoms with Gasteiger partial charge in [-0.3, -0.25) is 4.79 Å². The predicted octanol–water partition coefficient (Wildman–Crippen LogP) is 2.54. The molecule has 0 aliphatic carbocycles. The molecule has 13 heavy (non-hydrogen) atoms. The second-order valence-corrected chi connectivity index (χ2v) is 8.07. The van der Waals surface area contributed by atoms with Crippen molar-refractivity contribution in [1.82, 2.24) is 0 Å². The summed E-state index contributed by atoms with van der Waals surface area (Å²) in [6.07, 6.45) is 0.940. The first kappa shape index (κ1) is 14.1. The van der Waals surface area contributed by atoms with Gasteiger partial charge in [0.15, 0.2) is 13.5 Å². The fourth-order valence-electron chi connectivity index (χ4n) is 0.917. The van der Waals surface area contributed by atoms with Crippen molar-refractivity contribution < 1.29 is 14.3 Å². The number of carbonyl (C=O) groups is 1. The normalized spacial score (nSPS) is 12.2. The maximum absolute atomic E-state index is 11.6. The average molecular weight is 412 g/mol. The van der Waals surface area contributed by atoms with Crippen LogP contribution < -0.4 is 0 Å². The van der Waals surface area contributed by atoms with E-state index in [2.05, 4.69) is 45.2 Å². The third-order valence-corrected chi connectivity index (χ3v) is 3.79. The largest absolute Gasteiger partial charge is 0.353 e. The highest BCUT2D eigenvalue weighted by molar-refractivity contribution is 14.2. The van der Waals surface area contributed by atoms with Crippen LogP contribution in [0.2, 0.25) is 0 Å². The zero-order valence-electron chi connectivity index (χ0n) is 7.97. The number of alkyl halides is 2.